The molecule has 0 spiro atoms. The van der Waals surface area contributed by atoms with E-state index in [1.165, 1.54) is 22.3 Å². The van der Waals surface area contributed by atoms with Gasteiger partial charge >= 0.3 is 0 Å². The molecule has 4 nitrogen and oxygen atoms in total. The zero-order valence-corrected chi connectivity index (χ0v) is 23.0. The van der Waals surface area contributed by atoms with Gasteiger partial charge < -0.3 is 14.9 Å². The Morgan fingerprint density at radius 2 is 1.79 bits per heavy atom. The Bertz CT molecular complexity index is 1210. The highest BCUT2D eigenvalue weighted by Gasteiger charge is 2.52. The summed E-state index contributed by atoms with van der Waals surface area (Å²) < 4.78 is 20.2. The van der Waals surface area contributed by atoms with Gasteiger partial charge in [-0.3, -0.25) is 4.90 Å². The quantitative estimate of drug-likeness (QED) is 0.416. The van der Waals surface area contributed by atoms with Crippen molar-refractivity contribution in [3.8, 4) is 5.75 Å². The van der Waals surface area contributed by atoms with E-state index in [1.54, 1.807) is 12.2 Å². The first-order chi connectivity index (χ1) is 19.0. The van der Waals surface area contributed by atoms with Crippen LogP contribution in [0.3, 0.4) is 0 Å². The van der Waals surface area contributed by atoms with Gasteiger partial charge in [0.05, 0.1) is 6.10 Å². The average Bonchev–Trinajstić information content (AvgIpc) is 3.74. The standard InChI is InChI=1S/C34H42FNO3/c1-2-22-8-14-33-25(16-22)10-15-34(39-33)32(38)21-36(19-23-6-4-3-5-7-23)20-31(37)28-12-9-24-17-26(35)11-13-27(24)29-18-30(28)29/h3-8,11,14,16-17,27-32,34,37-38H,2,9-10,12-13,15,18-21H2,1H3. The fourth-order valence-electron chi connectivity index (χ4n) is 7.44. The topological polar surface area (TPSA) is 52.9 Å². The zero-order valence-electron chi connectivity index (χ0n) is 23.0. The molecule has 1 aliphatic heterocycles. The third-order valence-corrected chi connectivity index (χ3v) is 9.66. The van der Waals surface area contributed by atoms with E-state index >= 15 is 0 Å². The molecule has 0 aromatic heterocycles. The number of hydrogen-bond acceptors (Lipinski definition) is 4. The van der Waals surface area contributed by atoms with E-state index in [4.69, 9.17) is 4.74 Å². The third kappa shape index (κ3) is 6.01. The number of aryl methyl sites for hydroxylation is 2. The van der Waals surface area contributed by atoms with Crippen molar-refractivity contribution in [2.75, 3.05) is 13.1 Å². The summed E-state index contributed by atoms with van der Waals surface area (Å²) in [7, 11) is 0. The molecule has 2 aromatic rings. The molecule has 0 amide bonds. The van der Waals surface area contributed by atoms with Gasteiger partial charge in [0.25, 0.3) is 0 Å². The predicted molar refractivity (Wildman–Crippen MR) is 152 cm³/mol. The minimum absolute atomic E-state index is 0.0983. The minimum Gasteiger partial charge on any atom is -0.487 e. The summed E-state index contributed by atoms with van der Waals surface area (Å²) in [5, 5.41) is 22.9. The first-order valence-corrected chi connectivity index (χ1v) is 15.0. The molecule has 7 unspecified atom stereocenters. The van der Waals surface area contributed by atoms with Crippen LogP contribution < -0.4 is 4.74 Å². The highest BCUT2D eigenvalue weighted by molar-refractivity contribution is 5.39. The monoisotopic (exact) mass is 531 g/mol. The molecule has 0 saturated heterocycles. The van der Waals surface area contributed by atoms with Gasteiger partial charge in [-0.05, 0) is 104 Å². The Kier molecular flexibility index (Phi) is 7.93. The van der Waals surface area contributed by atoms with Crippen molar-refractivity contribution in [3.63, 3.8) is 0 Å². The van der Waals surface area contributed by atoms with Gasteiger partial charge in [0.15, 0.2) is 0 Å². The van der Waals surface area contributed by atoms with Crippen LogP contribution in [-0.2, 0) is 19.4 Å². The fourth-order valence-corrected chi connectivity index (χ4v) is 7.44. The van der Waals surface area contributed by atoms with Crippen molar-refractivity contribution in [2.24, 2.45) is 23.7 Å². The molecule has 2 aromatic carbocycles. The highest BCUT2D eigenvalue weighted by atomic mass is 19.1. The molecule has 4 aliphatic rings. The maximum atomic E-state index is 13.9. The molecule has 6 rings (SSSR count). The molecule has 2 N–H and O–H groups in total. The summed E-state index contributed by atoms with van der Waals surface area (Å²) in [6.45, 7) is 3.79. The van der Waals surface area contributed by atoms with Crippen molar-refractivity contribution >= 4 is 0 Å². The van der Waals surface area contributed by atoms with E-state index in [9.17, 15) is 14.6 Å². The Hall–Kier alpha value is -2.47. The maximum Gasteiger partial charge on any atom is 0.126 e. The predicted octanol–water partition coefficient (Wildman–Crippen LogP) is 6.01. The summed E-state index contributed by atoms with van der Waals surface area (Å²) >= 11 is 0. The Morgan fingerprint density at radius 1 is 0.974 bits per heavy atom. The normalized spacial score (nSPS) is 29.1. The number of ether oxygens (including phenoxy) is 1. The van der Waals surface area contributed by atoms with Gasteiger partial charge in [-0.25, -0.2) is 4.39 Å². The van der Waals surface area contributed by atoms with Gasteiger partial charge in [0.1, 0.15) is 23.8 Å². The summed E-state index contributed by atoms with van der Waals surface area (Å²) in [4.78, 5) is 2.21. The number of rotatable bonds is 9. The molecule has 0 bridgehead atoms. The van der Waals surface area contributed by atoms with Crippen LogP contribution in [0.2, 0.25) is 0 Å². The van der Waals surface area contributed by atoms with E-state index in [2.05, 4.69) is 36.1 Å². The second kappa shape index (κ2) is 11.6. The van der Waals surface area contributed by atoms with Crippen LogP contribution in [0, 0.1) is 23.7 Å². The van der Waals surface area contributed by atoms with Crippen molar-refractivity contribution in [1.29, 1.82) is 0 Å². The number of allylic oxidation sites excluding steroid dienone is 4. The van der Waals surface area contributed by atoms with Crippen LogP contribution in [-0.4, -0.2) is 46.5 Å². The van der Waals surface area contributed by atoms with Crippen molar-refractivity contribution < 1.29 is 19.3 Å². The highest BCUT2D eigenvalue weighted by Crippen LogP contribution is 2.58. The molecule has 5 heteroatoms. The molecule has 3 aliphatic carbocycles. The van der Waals surface area contributed by atoms with Gasteiger partial charge in [-0.1, -0.05) is 55.0 Å². The number of benzene rings is 2. The summed E-state index contributed by atoms with van der Waals surface area (Å²) in [5.74, 6) is 2.54. The van der Waals surface area contributed by atoms with Crippen molar-refractivity contribution in [3.05, 3.63) is 88.8 Å². The van der Waals surface area contributed by atoms with E-state index in [0.29, 0.717) is 37.4 Å². The van der Waals surface area contributed by atoms with Gasteiger partial charge in [-0.2, -0.15) is 0 Å². The van der Waals surface area contributed by atoms with Crippen molar-refractivity contribution in [1.82, 2.24) is 4.90 Å². The average molecular weight is 532 g/mol. The Morgan fingerprint density at radius 3 is 2.62 bits per heavy atom. The first-order valence-electron chi connectivity index (χ1n) is 15.0. The number of aliphatic hydroxyl groups excluding tert-OH is 2. The smallest absolute Gasteiger partial charge is 0.126 e. The molecule has 208 valence electrons. The van der Waals surface area contributed by atoms with Crippen LogP contribution in [0.4, 0.5) is 4.39 Å². The lowest BCUT2D eigenvalue weighted by Crippen LogP contribution is -2.46. The van der Waals surface area contributed by atoms with Gasteiger partial charge in [-0.15, -0.1) is 0 Å². The van der Waals surface area contributed by atoms with Gasteiger partial charge in [0.2, 0.25) is 0 Å². The van der Waals surface area contributed by atoms with Crippen molar-refractivity contribution in [2.45, 2.75) is 76.7 Å². The molecular weight excluding hydrogens is 489 g/mol. The fraction of sp³-hybridized carbons (Fsp3) is 0.529. The van der Waals surface area contributed by atoms with Crippen LogP contribution in [0.25, 0.3) is 0 Å². The summed E-state index contributed by atoms with van der Waals surface area (Å²) in [6.07, 6.45) is 8.51. The van der Waals surface area contributed by atoms with E-state index in [-0.39, 0.29) is 17.8 Å². The molecule has 1 heterocycles. The number of fused-ring (bicyclic) bond motifs is 4. The second-order valence-electron chi connectivity index (χ2n) is 12.2. The molecule has 7 atom stereocenters. The first kappa shape index (κ1) is 26.7. The second-order valence-corrected chi connectivity index (χ2v) is 12.2. The van der Waals surface area contributed by atoms with Crippen LogP contribution in [0.5, 0.6) is 5.75 Å². The zero-order chi connectivity index (χ0) is 26.9. The molecule has 39 heavy (non-hydrogen) atoms. The third-order valence-electron chi connectivity index (χ3n) is 9.66. The van der Waals surface area contributed by atoms with E-state index in [1.807, 2.05) is 24.3 Å². The van der Waals surface area contributed by atoms with Crippen LogP contribution in [0.15, 0.2) is 72.1 Å². The number of halogens is 1. The molecule has 2 fully saturated rings. The Balaban J connectivity index is 1.13. The minimum atomic E-state index is -0.648. The lowest BCUT2D eigenvalue weighted by atomic mass is 9.85. The number of aliphatic hydroxyl groups is 2. The molecule has 2 saturated carbocycles. The van der Waals surface area contributed by atoms with E-state index < -0.39 is 12.2 Å². The lowest BCUT2D eigenvalue weighted by Gasteiger charge is -2.35. The summed E-state index contributed by atoms with van der Waals surface area (Å²) in [5.41, 5.74) is 4.96. The van der Waals surface area contributed by atoms with E-state index in [0.717, 1.165) is 50.7 Å². The number of hydrogen-bond donors (Lipinski definition) is 2. The SMILES string of the molecule is CCc1ccc2c(c1)CCC(C(O)CN(Cc1ccccc1)CC(O)C1CCC3=CC(F)=CCC3C3CC13)O2. The van der Waals surface area contributed by atoms with Crippen LogP contribution >= 0.6 is 0 Å². The number of nitrogens with zero attached hydrogens (tertiary/aromatic N) is 1. The van der Waals surface area contributed by atoms with Crippen LogP contribution in [0.1, 0.15) is 55.7 Å². The molecular formula is C34H42FNO3. The summed E-state index contributed by atoms with van der Waals surface area (Å²) in [6, 6.07) is 16.7. The maximum absolute atomic E-state index is 13.9. The Labute approximate surface area is 232 Å². The largest absolute Gasteiger partial charge is 0.487 e. The molecule has 0 radical (unpaired) electrons. The lowest BCUT2D eigenvalue weighted by molar-refractivity contribution is -0.0168. The van der Waals surface area contributed by atoms with Gasteiger partial charge in [0, 0.05) is 19.6 Å².